The molecule has 0 heterocycles. The number of carboxylic acid groups (broad SMARTS) is 1. The van der Waals surface area contributed by atoms with Crippen LogP contribution in [0.15, 0.2) is 11.1 Å². The van der Waals surface area contributed by atoms with Crippen molar-refractivity contribution in [1.29, 1.82) is 0 Å². The second-order valence-corrected chi connectivity index (χ2v) is 4.38. The van der Waals surface area contributed by atoms with E-state index in [1.165, 1.54) is 0 Å². The van der Waals surface area contributed by atoms with E-state index in [2.05, 4.69) is 15.9 Å². The van der Waals surface area contributed by atoms with Crippen molar-refractivity contribution in [3.05, 3.63) is 11.1 Å². The van der Waals surface area contributed by atoms with Crippen molar-refractivity contribution in [3.63, 3.8) is 0 Å². The van der Waals surface area contributed by atoms with Gasteiger partial charge in [-0.3, -0.25) is 4.79 Å². The Hall–Kier alpha value is -0.310. The average molecular weight is 235 g/mol. The summed E-state index contributed by atoms with van der Waals surface area (Å²) in [5.41, 5.74) is -0.182. The number of halogens is 1. The second kappa shape index (κ2) is 4.65. The van der Waals surface area contributed by atoms with Gasteiger partial charge in [0.25, 0.3) is 0 Å². The number of hydrogen-bond acceptors (Lipinski definition) is 1. The minimum absolute atomic E-state index is 0.182. The van der Waals surface area contributed by atoms with E-state index < -0.39 is 5.97 Å². The molecule has 12 heavy (non-hydrogen) atoms. The van der Waals surface area contributed by atoms with Gasteiger partial charge in [-0.2, -0.15) is 0 Å². The van der Waals surface area contributed by atoms with Gasteiger partial charge >= 0.3 is 5.97 Å². The van der Waals surface area contributed by atoms with Gasteiger partial charge in [-0.1, -0.05) is 42.8 Å². The number of rotatable bonds is 3. The Balaban J connectivity index is 4.35. The average Bonchev–Trinajstić information content (AvgIpc) is 1.84. The minimum atomic E-state index is -0.729. The van der Waals surface area contributed by atoms with Crippen molar-refractivity contribution < 1.29 is 9.90 Å². The van der Waals surface area contributed by atoms with E-state index in [1.54, 1.807) is 4.99 Å². The first-order valence-electron chi connectivity index (χ1n) is 3.87. The lowest BCUT2D eigenvalue weighted by molar-refractivity contribution is -0.145. The van der Waals surface area contributed by atoms with Gasteiger partial charge in [-0.05, 0) is 16.8 Å². The molecule has 0 saturated carbocycles. The third-order valence-electron chi connectivity index (χ3n) is 1.80. The van der Waals surface area contributed by atoms with Gasteiger partial charge in [0.15, 0.2) is 0 Å². The first-order chi connectivity index (χ1) is 5.39. The third kappa shape index (κ3) is 3.90. The fourth-order valence-electron chi connectivity index (χ4n) is 1.01. The Morgan fingerprint density at radius 1 is 1.58 bits per heavy atom. The maximum absolute atomic E-state index is 10.8. The first kappa shape index (κ1) is 11.7. The zero-order chi connectivity index (χ0) is 9.78. The summed E-state index contributed by atoms with van der Waals surface area (Å²) in [7, 11) is 0. The Morgan fingerprint density at radius 2 is 2.08 bits per heavy atom. The third-order valence-corrected chi connectivity index (χ3v) is 2.18. The van der Waals surface area contributed by atoms with E-state index >= 15 is 0 Å². The van der Waals surface area contributed by atoms with Gasteiger partial charge in [-0.25, -0.2) is 0 Å². The molecule has 70 valence electrons. The van der Waals surface area contributed by atoms with Crippen molar-refractivity contribution in [2.75, 3.05) is 0 Å². The number of aliphatic carboxylic acids is 1. The smallest absolute Gasteiger partial charge is 0.307 e. The summed E-state index contributed by atoms with van der Waals surface area (Å²) in [6.07, 6.45) is 2.40. The van der Waals surface area contributed by atoms with Crippen LogP contribution in [0.4, 0.5) is 0 Å². The molecule has 0 aliphatic heterocycles. The van der Waals surface area contributed by atoms with Crippen LogP contribution in [0.2, 0.25) is 0 Å². The molecule has 0 aliphatic carbocycles. The molecular weight excluding hydrogens is 220 g/mol. The maximum Gasteiger partial charge on any atom is 0.307 e. The van der Waals surface area contributed by atoms with Crippen molar-refractivity contribution in [1.82, 2.24) is 0 Å². The van der Waals surface area contributed by atoms with Crippen LogP contribution in [0.5, 0.6) is 0 Å². The van der Waals surface area contributed by atoms with Crippen molar-refractivity contribution in [2.24, 2.45) is 11.3 Å². The molecule has 0 saturated heterocycles. The molecule has 0 bridgehead atoms. The van der Waals surface area contributed by atoms with Crippen LogP contribution in [0.1, 0.15) is 27.2 Å². The molecule has 1 unspecified atom stereocenters. The molecule has 1 N–H and O–H groups in total. The van der Waals surface area contributed by atoms with Gasteiger partial charge in [0.1, 0.15) is 0 Å². The quantitative estimate of drug-likeness (QED) is 0.816. The molecule has 0 radical (unpaired) electrons. The highest BCUT2D eigenvalue weighted by molar-refractivity contribution is 9.11. The molecule has 0 spiro atoms. The highest BCUT2D eigenvalue weighted by Gasteiger charge is 2.29. The van der Waals surface area contributed by atoms with Crippen LogP contribution in [-0.4, -0.2) is 11.1 Å². The molecular formula is C9H15BrO2. The molecule has 0 amide bonds. The van der Waals surface area contributed by atoms with E-state index in [-0.39, 0.29) is 11.3 Å². The predicted octanol–water partition coefficient (Wildman–Crippen LogP) is 3.03. The summed E-state index contributed by atoms with van der Waals surface area (Å²) in [5.74, 6) is -1.04. The van der Waals surface area contributed by atoms with Crippen molar-refractivity contribution in [3.8, 4) is 0 Å². The molecule has 3 heteroatoms. The molecule has 2 nitrogen and oxygen atoms in total. The van der Waals surface area contributed by atoms with Gasteiger partial charge in [0, 0.05) is 0 Å². The van der Waals surface area contributed by atoms with Crippen molar-refractivity contribution in [2.45, 2.75) is 27.2 Å². The van der Waals surface area contributed by atoms with E-state index in [9.17, 15) is 4.79 Å². The van der Waals surface area contributed by atoms with E-state index in [0.29, 0.717) is 6.42 Å². The van der Waals surface area contributed by atoms with Crippen LogP contribution < -0.4 is 0 Å². The van der Waals surface area contributed by atoms with E-state index in [1.807, 2.05) is 26.8 Å². The van der Waals surface area contributed by atoms with Crippen LogP contribution in [0, 0.1) is 11.3 Å². The van der Waals surface area contributed by atoms with Crippen LogP contribution in [-0.2, 0) is 4.79 Å². The van der Waals surface area contributed by atoms with E-state index in [4.69, 9.17) is 5.11 Å². The summed E-state index contributed by atoms with van der Waals surface area (Å²) in [6, 6.07) is 0. The lowest BCUT2D eigenvalue weighted by Crippen LogP contribution is -2.27. The van der Waals surface area contributed by atoms with Crippen LogP contribution >= 0.6 is 15.9 Å². The molecule has 0 aromatic rings. The normalized spacial score (nSPS) is 15.0. The standard InChI is InChI=1S/C9H15BrO2/c1-9(2,3)7(8(11)12)5-4-6-10/h4,6-7H,5H2,1-3H3,(H,11,12)/b6-4+. The summed E-state index contributed by atoms with van der Waals surface area (Å²) >= 11 is 3.12. The zero-order valence-electron chi connectivity index (χ0n) is 7.67. The zero-order valence-corrected chi connectivity index (χ0v) is 9.26. The Morgan fingerprint density at radius 3 is 2.33 bits per heavy atom. The molecule has 0 fully saturated rings. The Bertz CT molecular complexity index is 179. The fourth-order valence-corrected chi connectivity index (χ4v) is 1.23. The molecule has 0 aliphatic rings. The van der Waals surface area contributed by atoms with Gasteiger partial charge < -0.3 is 5.11 Å². The number of allylic oxidation sites excluding steroid dienone is 1. The fraction of sp³-hybridized carbons (Fsp3) is 0.667. The summed E-state index contributed by atoms with van der Waals surface area (Å²) < 4.78 is 0. The highest BCUT2D eigenvalue weighted by atomic mass is 79.9. The largest absolute Gasteiger partial charge is 0.481 e. The summed E-state index contributed by atoms with van der Waals surface area (Å²) in [6.45, 7) is 5.82. The summed E-state index contributed by atoms with van der Waals surface area (Å²) in [4.78, 5) is 12.5. The van der Waals surface area contributed by atoms with Crippen molar-refractivity contribution >= 4 is 21.9 Å². The highest BCUT2D eigenvalue weighted by Crippen LogP contribution is 2.29. The second-order valence-electron chi connectivity index (χ2n) is 3.85. The number of carbonyl (C=O) groups is 1. The Labute approximate surface area is 81.8 Å². The molecule has 0 rings (SSSR count). The minimum Gasteiger partial charge on any atom is -0.481 e. The summed E-state index contributed by atoms with van der Waals surface area (Å²) in [5, 5.41) is 8.89. The van der Waals surface area contributed by atoms with Crippen LogP contribution in [0.25, 0.3) is 0 Å². The van der Waals surface area contributed by atoms with Gasteiger partial charge in [0.2, 0.25) is 0 Å². The molecule has 0 aromatic carbocycles. The SMILES string of the molecule is CC(C)(C)C(C/C=C/Br)C(=O)O. The Kier molecular flexibility index (Phi) is 4.53. The van der Waals surface area contributed by atoms with Crippen LogP contribution in [0.3, 0.4) is 0 Å². The monoisotopic (exact) mass is 234 g/mol. The first-order valence-corrected chi connectivity index (χ1v) is 4.79. The topological polar surface area (TPSA) is 37.3 Å². The number of hydrogen-bond donors (Lipinski definition) is 1. The molecule has 0 aromatic heterocycles. The van der Waals surface area contributed by atoms with E-state index in [0.717, 1.165) is 0 Å². The number of carboxylic acids is 1. The van der Waals surface area contributed by atoms with Gasteiger partial charge in [0.05, 0.1) is 5.92 Å². The van der Waals surface area contributed by atoms with Gasteiger partial charge in [-0.15, -0.1) is 0 Å². The predicted molar refractivity (Wildman–Crippen MR) is 53.3 cm³/mol. The molecule has 1 atom stereocenters. The maximum atomic E-state index is 10.8. The lowest BCUT2D eigenvalue weighted by Gasteiger charge is -2.25. The lowest BCUT2D eigenvalue weighted by atomic mass is 9.79.